The highest BCUT2D eigenvalue weighted by Gasteiger charge is 2.13. The summed E-state index contributed by atoms with van der Waals surface area (Å²) in [5.74, 6) is -0.187. The summed E-state index contributed by atoms with van der Waals surface area (Å²) >= 11 is 1.34. The first kappa shape index (κ1) is 20.9. The third kappa shape index (κ3) is 4.52. The lowest BCUT2D eigenvalue weighted by atomic mass is 10.1. The highest BCUT2D eigenvalue weighted by atomic mass is 32.1. The van der Waals surface area contributed by atoms with E-state index in [9.17, 15) is 20.2 Å². The van der Waals surface area contributed by atoms with Crippen LogP contribution in [-0.2, 0) is 0 Å². The predicted molar refractivity (Wildman–Crippen MR) is 119 cm³/mol. The van der Waals surface area contributed by atoms with E-state index >= 15 is 0 Å². The molecule has 0 atom stereocenters. The van der Waals surface area contributed by atoms with Crippen LogP contribution in [-0.4, -0.2) is 20.7 Å². The highest BCUT2D eigenvalue weighted by Crippen LogP contribution is 2.24. The van der Waals surface area contributed by atoms with Crippen molar-refractivity contribution < 1.29 is 14.3 Å². The number of aryl methyl sites for hydroxylation is 1. The van der Waals surface area contributed by atoms with Crippen LogP contribution in [0.15, 0.2) is 80.6 Å². The van der Waals surface area contributed by atoms with E-state index in [1.807, 2.05) is 36.6 Å². The Morgan fingerprint density at radius 3 is 2.31 bits per heavy atom. The minimum atomic E-state index is -0.629. The van der Waals surface area contributed by atoms with E-state index in [1.165, 1.54) is 41.8 Å². The minimum absolute atomic E-state index is 0.0218. The molecule has 0 saturated heterocycles. The average molecular weight is 449 g/mol. The zero-order valence-electron chi connectivity index (χ0n) is 16.6. The predicted octanol–water partition coefficient (Wildman–Crippen LogP) is 5.05. The third-order valence-electron chi connectivity index (χ3n) is 4.41. The van der Waals surface area contributed by atoms with Gasteiger partial charge in [-0.1, -0.05) is 17.7 Å². The second-order valence-corrected chi connectivity index (χ2v) is 7.48. The molecule has 0 amide bonds. The maximum atomic E-state index is 11.0. The van der Waals surface area contributed by atoms with Gasteiger partial charge < -0.3 is 4.42 Å². The van der Waals surface area contributed by atoms with Crippen molar-refractivity contribution in [3.05, 3.63) is 102 Å². The van der Waals surface area contributed by atoms with Crippen molar-refractivity contribution in [1.82, 2.24) is 4.68 Å². The SMILES string of the molecule is Cc1ccc(N=c2scc(-c3ccc([N+](=O)[O-])cc3)n2N=Cc2ccc([N+](=O)[O-])o2)cc1. The Morgan fingerprint density at radius 1 is 0.969 bits per heavy atom. The molecule has 0 unspecified atom stereocenters. The smallest absolute Gasteiger partial charge is 0.400 e. The fourth-order valence-corrected chi connectivity index (χ4v) is 3.65. The van der Waals surface area contributed by atoms with Crippen molar-refractivity contribution in [2.45, 2.75) is 6.92 Å². The van der Waals surface area contributed by atoms with Crippen LogP contribution >= 0.6 is 11.3 Å². The maximum Gasteiger partial charge on any atom is 0.433 e. The zero-order valence-corrected chi connectivity index (χ0v) is 17.4. The van der Waals surface area contributed by atoms with Crippen molar-refractivity contribution in [1.29, 1.82) is 0 Å². The van der Waals surface area contributed by atoms with E-state index in [-0.39, 0.29) is 17.3 Å². The Balaban J connectivity index is 1.80. The molecular formula is C21H15N5O5S. The lowest BCUT2D eigenvalue weighted by molar-refractivity contribution is -0.402. The zero-order chi connectivity index (χ0) is 22.7. The second kappa shape index (κ2) is 8.78. The van der Waals surface area contributed by atoms with Crippen LogP contribution in [0, 0.1) is 27.2 Å². The van der Waals surface area contributed by atoms with Gasteiger partial charge in [0.2, 0.25) is 4.80 Å². The highest BCUT2D eigenvalue weighted by molar-refractivity contribution is 7.07. The molecule has 10 nitrogen and oxygen atoms in total. The van der Waals surface area contributed by atoms with Gasteiger partial charge in [0, 0.05) is 23.1 Å². The first-order valence-electron chi connectivity index (χ1n) is 9.26. The summed E-state index contributed by atoms with van der Waals surface area (Å²) in [5, 5.41) is 28.0. The van der Waals surface area contributed by atoms with Crippen LogP contribution in [0.2, 0.25) is 0 Å². The Morgan fingerprint density at radius 2 is 1.69 bits per heavy atom. The van der Waals surface area contributed by atoms with Crippen molar-refractivity contribution in [2.24, 2.45) is 10.1 Å². The molecule has 0 aliphatic heterocycles. The van der Waals surface area contributed by atoms with Crippen LogP contribution in [0.25, 0.3) is 11.3 Å². The minimum Gasteiger partial charge on any atom is -0.400 e. The number of furan rings is 1. The van der Waals surface area contributed by atoms with Gasteiger partial charge in [-0.25, -0.2) is 9.67 Å². The molecular weight excluding hydrogens is 434 g/mol. The Kier molecular flexibility index (Phi) is 5.73. The summed E-state index contributed by atoms with van der Waals surface area (Å²) in [6.07, 6.45) is 1.35. The van der Waals surface area contributed by atoms with Gasteiger partial charge in [-0.3, -0.25) is 20.2 Å². The molecule has 0 radical (unpaired) electrons. The number of non-ortho nitro benzene ring substituents is 1. The van der Waals surface area contributed by atoms with Crippen LogP contribution in [0.5, 0.6) is 0 Å². The molecule has 0 bridgehead atoms. The van der Waals surface area contributed by atoms with Crippen molar-refractivity contribution in [2.75, 3.05) is 0 Å². The van der Waals surface area contributed by atoms with Gasteiger partial charge in [-0.05, 0) is 37.3 Å². The molecule has 4 rings (SSSR count). The molecule has 0 spiro atoms. The number of benzene rings is 2. The first-order chi connectivity index (χ1) is 15.4. The van der Waals surface area contributed by atoms with Gasteiger partial charge in [-0.15, -0.1) is 11.3 Å². The number of hydrogen-bond acceptors (Lipinski definition) is 8. The monoisotopic (exact) mass is 449 g/mol. The number of nitro groups is 2. The quantitative estimate of drug-likeness (QED) is 0.231. The largest absolute Gasteiger partial charge is 0.433 e. The molecule has 160 valence electrons. The average Bonchev–Trinajstić information content (AvgIpc) is 3.41. The molecule has 0 saturated carbocycles. The second-order valence-electron chi connectivity index (χ2n) is 6.64. The Bertz CT molecular complexity index is 1380. The maximum absolute atomic E-state index is 11.0. The van der Waals surface area contributed by atoms with Crippen LogP contribution in [0.3, 0.4) is 0 Å². The van der Waals surface area contributed by atoms with Gasteiger partial charge >= 0.3 is 5.88 Å². The van der Waals surface area contributed by atoms with Crippen molar-refractivity contribution in [3.8, 4) is 11.3 Å². The molecule has 4 aromatic rings. The molecule has 0 N–H and O–H groups in total. The molecule has 0 aliphatic carbocycles. The molecule has 32 heavy (non-hydrogen) atoms. The lowest BCUT2D eigenvalue weighted by Gasteiger charge is -2.03. The van der Waals surface area contributed by atoms with E-state index in [0.717, 1.165) is 11.3 Å². The number of hydrogen-bond donors (Lipinski definition) is 0. The van der Waals surface area contributed by atoms with Gasteiger partial charge in [-0.2, -0.15) is 5.10 Å². The van der Waals surface area contributed by atoms with Crippen molar-refractivity contribution in [3.63, 3.8) is 0 Å². The summed E-state index contributed by atoms with van der Waals surface area (Å²) in [6.45, 7) is 1.98. The van der Waals surface area contributed by atoms with Crippen LogP contribution in [0.4, 0.5) is 17.3 Å². The van der Waals surface area contributed by atoms with E-state index < -0.39 is 9.85 Å². The first-order valence-corrected chi connectivity index (χ1v) is 10.1. The molecule has 0 fully saturated rings. The van der Waals surface area contributed by atoms with Gasteiger partial charge in [0.1, 0.15) is 4.92 Å². The summed E-state index contributed by atoms with van der Waals surface area (Å²) < 4.78 is 6.69. The van der Waals surface area contributed by atoms with E-state index in [4.69, 9.17) is 4.42 Å². The summed E-state index contributed by atoms with van der Waals surface area (Å²) in [5.41, 5.74) is 3.15. The number of aromatic nitrogens is 1. The van der Waals surface area contributed by atoms with E-state index in [2.05, 4.69) is 10.1 Å². The number of rotatable bonds is 6. The number of nitrogens with zero attached hydrogens (tertiary/aromatic N) is 5. The number of nitro benzene ring substituents is 1. The normalized spacial score (nSPS) is 11.8. The van der Waals surface area contributed by atoms with E-state index in [1.54, 1.807) is 16.8 Å². The molecule has 2 aromatic heterocycles. The van der Waals surface area contributed by atoms with Gasteiger partial charge in [0.25, 0.3) is 5.69 Å². The molecule has 2 heterocycles. The van der Waals surface area contributed by atoms with Crippen LogP contribution < -0.4 is 4.80 Å². The fourth-order valence-electron chi connectivity index (χ4n) is 2.80. The summed E-state index contributed by atoms with van der Waals surface area (Å²) in [7, 11) is 0. The fraction of sp³-hybridized carbons (Fsp3) is 0.0476. The van der Waals surface area contributed by atoms with Gasteiger partial charge in [0.05, 0.1) is 28.6 Å². The Hall–Kier alpha value is -4.38. The van der Waals surface area contributed by atoms with Crippen molar-refractivity contribution >= 4 is 34.8 Å². The van der Waals surface area contributed by atoms with Crippen LogP contribution in [0.1, 0.15) is 11.3 Å². The molecule has 0 aliphatic rings. The Labute approximate surface area is 184 Å². The molecule has 11 heteroatoms. The standard InChI is InChI=1S/C21H15N5O5S/c1-14-2-6-16(7-3-14)23-21-24(22-12-18-10-11-20(31-18)26(29)30)19(13-32-21)15-4-8-17(9-5-15)25(27)28/h2-13H,1H3. The third-order valence-corrected chi connectivity index (χ3v) is 5.23. The lowest BCUT2D eigenvalue weighted by Crippen LogP contribution is -2.11. The molecule has 2 aromatic carbocycles. The summed E-state index contributed by atoms with van der Waals surface area (Å²) in [4.78, 5) is 25.9. The van der Waals surface area contributed by atoms with Gasteiger partial charge in [0.15, 0.2) is 5.76 Å². The summed E-state index contributed by atoms with van der Waals surface area (Å²) in [6, 6.07) is 16.4. The number of thiazole rings is 1. The topological polar surface area (TPSA) is 129 Å². The van der Waals surface area contributed by atoms with E-state index in [0.29, 0.717) is 16.1 Å².